The molecule has 0 aliphatic rings. The fourth-order valence-electron chi connectivity index (χ4n) is 2.99. The largest absolute Gasteiger partial charge is 0.356 e. The topological polar surface area (TPSA) is 100 Å². The first-order chi connectivity index (χ1) is 15.5. The van der Waals surface area contributed by atoms with Crippen LogP contribution in [0.3, 0.4) is 0 Å². The summed E-state index contributed by atoms with van der Waals surface area (Å²) >= 11 is 2.86. The van der Waals surface area contributed by atoms with Crippen molar-refractivity contribution in [3.8, 4) is 11.3 Å². The van der Waals surface area contributed by atoms with Gasteiger partial charge < -0.3 is 16.0 Å². The number of hydrogen-bond acceptors (Lipinski definition) is 6. The van der Waals surface area contributed by atoms with Gasteiger partial charge in [0.1, 0.15) is 0 Å². The van der Waals surface area contributed by atoms with Crippen LogP contribution in [0.2, 0.25) is 0 Å². The minimum absolute atomic E-state index is 0.00680. The van der Waals surface area contributed by atoms with Crippen LogP contribution in [0, 0.1) is 0 Å². The van der Waals surface area contributed by atoms with E-state index >= 15 is 0 Å². The predicted octanol–water partition coefficient (Wildman–Crippen LogP) is 4.09. The Balaban J connectivity index is 1.39. The maximum absolute atomic E-state index is 12.2. The van der Waals surface area contributed by atoms with E-state index in [1.165, 1.54) is 35.2 Å². The molecule has 3 aromatic rings. The molecule has 0 fully saturated rings. The van der Waals surface area contributed by atoms with E-state index in [0.29, 0.717) is 36.6 Å². The van der Waals surface area contributed by atoms with E-state index < -0.39 is 0 Å². The number of carbonyl (C=O) groups excluding carboxylic acids is 3. The van der Waals surface area contributed by atoms with Gasteiger partial charge >= 0.3 is 0 Å². The van der Waals surface area contributed by atoms with E-state index in [9.17, 15) is 14.4 Å². The second-order valence-electron chi connectivity index (χ2n) is 7.24. The van der Waals surface area contributed by atoms with Crippen molar-refractivity contribution in [3.05, 3.63) is 57.6 Å². The van der Waals surface area contributed by atoms with Gasteiger partial charge in [-0.05, 0) is 36.3 Å². The first-order valence-corrected chi connectivity index (χ1v) is 12.2. The van der Waals surface area contributed by atoms with Crippen molar-refractivity contribution in [2.24, 2.45) is 0 Å². The molecule has 0 radical (unpaired) electrons. The highest BCUT2D eigenvalue weighted by Crippen LogP contribution is 2.25. The molecule has 0 unspecified atom stereocenters. The number of anilines is 1. The summed E-state index contributed by atoms with van der Waals surface area (Å²) in [6.07, 6.45) is 2.66. The Morgan fingerprint density at radius 1 is 0.969 bits per heavy atom. The number of thiophene rings is 1. The molecule has 7 nitrogen and oxygen atoms in total. The molecule has 168 valence electrons. The summed E-state index contributed by atoms with van der Waals surface area (Å²) < 4.78 is 0. The Hall–Kier alpha value is -3.04. The SMILES string of the molecule is CC(=O)NCCCc1ccc(-c2csc(NC(=O)CCCNC(=O)c3ccsc3)n2)cc1. The Labute approximate surface area is 195 Å². The van der Waals surface area contributed by atoms with Gasteiger partial charge in [-0.1, -0.05) is 24.3 Å². The third kappa shape index (κ3) is 7.58. The number of amides is 3. The summed E-state index contributed by atoms with van der Waals surface area (Å²) in [7, 11) is 0. The normalized spacial score (nSPS) is 10.5. The second kappa shape index (κ2) is 12.1. The van der Waals surface area contributed by atoms with Crippen molar-refractivity contribution in [1.82, 2.24) is 15.6 Å². The van der Waals surface area contributed by atoms with Crippen LogP contribution in [0.5, 0.6) is 0 Å². The smallest absolute Gasteiger partial charge is 0.252 e. The number of hydrogen-bond donors (Lipinski definition) is 3. The van der Waals surface area contributed by atoms with Crippen LogP contribution < -0.4 is 16.0 Å². The van der Waals surface area contributed by atoms with E-state index in [2.05, 4.69) is 33.1 Å². The number of benzene rings is 1. The van der Waals surface area contributed by atoms with Gasteiger partial charge in [-0.15, -0.1) is 11.3 Å². The number of aromatic nitrogens is 1. The van der Waals surface area contributed by atoms with Gasteiger partial charge in [0.05, 0.1) is 5.69 Å². The van der Waals surface area contributed by atoms with Crippen molar-refractivity contribution in [2.45, 2.75) is 32.6 Å². The van der Waals surface area contributed by atoms with Crippen LogP contribution >= 0.6 is 22.7 Å². The molecule has 0 aliphatic carbocycles. The third-order valence-corrected chi connectivity index (χ3v) is 6.11. The number of rotatable bonds is 11. The summed E-state index contributed by atoms with van der Waals surface area (Å²) in [6.45, 7) is 2.64. The summed E-state index contributed by atoms with van der Waals surface area (Å²) in [5.74, 6) is -0.243. The average molecular weight is 471 g/mol. The van der Waals surface area contributed by atoms with E-state index in [1.807, 2.05) is 22.9 Å². The molecule has 0 spiro atoms. The first-order valence-electron chi connectivity index (χ1n) is 10.4. The maximum atomic E-state index is 12.2. The first kappa shape index (κ1) is 23.6. The lowest BCUT2D eigenvalue weighted by Gasteiger charge is -2.04. The maximum Gasteiger partial charge on any atom is 0.252 e. The van der Waals surface area contributed by atoms with E-state index in [1.54, 1.807) is 11.4 Å². The van der Waals surface area contributed by atoms with Crippen molar-refractivity contribution >= 4 is 45.5 Å². The molecule has 3 rings (SSSR count). The molecule has 9 heteroatoms. The molecule has 2 heterocycles. The van der Waals surface area contributed by atoms with Gasteiger partial charge in [-0.3, -0.25) is 14.4 Å². The Kier molecular flexibility index (Phi) is 8.94. The van der Waals surface area contributed by atoms with Gasteiger partial charge in [-0.2, -0.15) is 11.3 Å². The molecular formula is C23H26N4O3S2. The quantitative estimate of drug-likeness (QED) is 0.368. The van der Waals surface area contributed by atoms with Crippen LogP contribution in [0.4, 0.5) is 5.13 Å². The Morgan fingerprint density at radius 2 is 1.75 bits per heavy atom. The molecule has 0 atom stereocenters. The van der Waals surface area contributed by atoms with Crippen LogP contribution in [0.15, 0.2) is 46.5 Å². The Morgan fingerprint density at radius 3 is 2.47 bits per heavy atom. The fourth-order valence-corrected chi connectivity index (χ4v) is 4.36. The second-order valence-corrected chi connectivity index (χ2v) is 8.88. The molecule has 3 N–H and O–H groups in total. The minimum atomic E-state index is -0.120. The van der Waals surface area contributed by atoms with Crippen molar-refractivity contribution in [1.29, 1.82) is 0 Å². The highest BCUT2D eigenvalue weighted by Gasteiger charge is 2.09. The summed E-state index contributed by atoms with van der Waals surface area (Å²) in [6, 6.07) is 9.93. The lowest BCUT2D eigenvalue weighted by Crippen LogP contribution is -2.25. The zero-order valence-electron chi connectivity index (χ0n) is 17.8. The summed E-state index contributed by atoms with van der Waals surface area (Å²) in [5, 5.41) is 14.6. The van der Waals surface area contributed by atoms with Crippen LogP contribution in [-0.2, 0) is 16.0 Å². The third-order valence-electron chi connectivity index (χ3n) is 4.67. The highest BCUT2D eigenvalue weighted by molar-refractivity contribution is 7.14. The molecule has 3 amide bonds. The standard InChI is InChI=1S/C23H26N4O3S2/c1-16(28)24-11-2-4-17-6-8-18(9-7-17)20-15-32-23(26-20)27-21(29)5-3-12-25-22(30)19-10-13-31-14-19/h6-10,13-15H,2-5,11-12H2,1H3,(H,24,28)(H,25,30)(H,26,27,29). The van der Waals surface area contributed by atoms with Gasteiger partial charge in [0.2, 0.25) is 11.8 Å². The fraction of sp³-hybridized carbons (Fsp3) is 0.304. The predicted molar refractivity (Wildman–Crippen MR) is 129 cm³/mol. The average Bonchev–Trinajstić information content (AvgIpc) is 3.47. The lowest BCUT2D eigenvalue weighted by molar-refractivity contribution is -0.119. The molecular weight excluding hydrogens is 444 g/mol. The molecule has 0 aliphatic heterocycles. The molecule has 1 aromatic carbocycles. The van der Waals surface area contributed by atoms with E-state index in [-0.39, 0.29) is 17.7 Å². The number of carbonyl (C=O) groups is 3. The van der Waals surface area contributed by atoms with Crippen LogP contribution in [0.1, 0.15) is 42.1 Å². The number of thiazole rings is 1. The van der Waals surface area contributed by atoms with Crippen molar-refractivity contribution in [3.63, 3.8) is 0 Å². The van der Waals surface area contributed by atoms with Gasteiger partial charge in [0, 0.05) is 48.3 Å². The molecule has 0 saturated heterocycles. The molecule has 2 aromatic heterocycles. The van der Waals surface area contributed by atoms with E-state index in [0.717, 1.165) is 24.1 Å². The zero-order chi connectivity index (χ0) is 22.8. The molecule has 0 saturated carbocycles. The monoisotopic (exact) mass is 470 g/mol. The summed E-state index contributed by atoms with van der Waals surface area (Å²) in [4.78, 5) is 39.4. The number of aryl methyl sites for hydroxylation is 1. The summed E-state index contributed by atoms with van der Waals surface area (Å²) in [5.41, 5.74) is 3.66. The van der Waals surface area contributed by atoms with Crippen LogP contribution in [0.25, 0.3) is 11.3 Å². The number of nitrogens with zero attached hydrogens (tertiary/aromatic N) is 1. The van der Waals surface area contributed by atoms with Crippen molar-refractivity contribution in [2.75, 3.05) is 18.4 Å². The highest BCUT2D eigenvalue weighted by atomic mass is 32.1. The zero-order valence-corrected chi connectivity index (χ0v) is 19.5. The van der Waals surface area contributed by atoms with Gasteiger partial charge in [0.25, 0.3) is 5.91 Å². The van der Waals surface area contributed by atoms with Crippen LogP contribution in [-0.4, -0.2) is 35.8 Å². The Bertz CT molecular complexity index is 1030. The minimum Gasteiger partial charge on any atom is -0.356 e. The molecule has 32 heavy (non-hydrogen) atoms. The number of nitrogens with one attached hydrogen (secondary N) is 3. The van der Waals surface area contributed by atoms with Crippen molar-refractivity contribution < 1.29 is 14.4 Å². The lowest BCUT2D eigenvalue weighted by atomic mass is 10.1. The van der Waals surface area contributed by atoms with E-state index in [4.69, 9.17) is 0 Å². The molecule has 0 bridgehead atoms. The van der Waals surface area contributed by atoms with Gasteiger partial charge in [-0.25, -0.2) is 4.98 Å². The van der Waals surface area contributed by atoms with Gasteiger partial charge in [0.15, 0.2) is 5.13 Å².